The maximum Gasteiger partial charge on any atom is 0.192 e. The van der Waals surface area contributed by atoms with Gasteiger partial charge in [-0.3, -0.25) is 5.23 Å². The second-order valence-corrected chi connectivity index (χ2v) is 1.88. The molecule has 0 aromatic heterocycles. The smallest absolute Gasteiger partial charge is 0.192 e. The van der Waals surface area contributed by atoms with Crippen LogP contribution in [-0.4, -0.2) is 0 Å². The SMILES string of the molecule is [O-]N1OOc2ccccc21. The minimum Gasteiger partial charge on any atom is -0.730 e. The summed E-state index contributed by atoms with van der Waals surface area (Å²) in [6, 6.07) is 6.78. The van der Waals surface area contributed by atoms with Crippen LogP contribution in [0.15, 0.2) is 24.3 Å². The van der Waals surface area contributed by atoms with Gasteiger partial charge >= 0.3 is 0 Å². The molecule has 0 saturated heterocycles. The maximum absolute atomic E-state index is 10.6. The summed E-state index contributed by atoms with van der Waals surface area (Å²) in [5, 5.41) is 11.0. The lowest BCUT2D eigenvalue weighted by atomic mass is 10.3. The summed E-state index contributed by atoms with van der Waals surface area (Å²) in [4.78, 5) is 8.73. The summed E-state index contributed by atoms with van der Waals surface area (Å²) >= 11 is 0. The first-order chi connectivity index (χ1) is 4.88. The van der Waals surface area contributed by atoms with E-state index in [1.54, 1.807) is 24.3 Å². The molecule has 0 spiro atoms. The van der Waals surface area contributed by atoms with E-state index in [2.05, 4.69) is 9.88 Å². The number of rotatable bonds is 0. The van der Waals surface area contributed by atoms with Crippen molar-refractivity contribution < 1.29 is 9.88 Å². The first kappa shape index (κ1) is 5.52. The zero-order valence-corrected chi connectivity index (χ0v) is 4.98. The quantitative estimate of drug-likeness (QED) is 0.506. The van der Waals surface area contributed by atoms with Gasteiger partial charge in [0.05, 0.1) is 0 Å². The first-order valence-corrected chi connectivity index (χ1v) is 2.79. The predicted molar refractivity (Wildman–Crippen MR) is 34.0 cm³/mol. The van der Waals surface area contributed by atoms with E-state index in [0.29, 0.717) is 16.7 Å². The minimum absolute atomic E-state index is 0.329. The molecular weight excluding hydrogens is 134 g/mol. The van der Waals surface area contributed by atoms with Crippen LogP contribution in [0.25, 0.3) is 0 Å². The van der Waals surface area contributed by atoms with Gasteiger partial charge in [-0.1, -0.05) is 17.1 Å². The van der Waals surface area contributed by atoms with Gasteiger partial charge in [-0.25, -0.2) is 0 Å². The second-order valence-electron chi connectivity index (χ2n) is 1.88. The summed E-state index contributed by atoms with van der Waals surface area (Å²) in [6.45, 7) is 0. The largest absolute Gasteiger partial charge is 0.730 e. The summed E-state index contributed by atoms with van der Waals surface area (Å²) < 4.78 is 0. The molecule has 0 N–H and O–H groups in total. The Morgan fingerprint density at radius 1 is 1.30 bits per heavy atom. The van der Waals surface area contributed by atoms with Gasteiger partial charge in [0.15, 0.2) is 5.75 Å². The second kappa shape index (κ2) is 1.86. The third-order valence-electron chi connectivity index (χ3n) is 1.26. The molecule has 0 saturated carbocycles. The van der Waals surface area contributed by atoms with Crippen LogP contribution in [0.4, 0.5) is 5.69 Å². The van der Waals surface area contributed by atoms with Gasteiger partial charge in [-0.05, 0) is 12.1 Å². The topological polar surface area (TPSA) is 44.8 Å². The molecule has 0 unspecified atom stereocenters. The molecule has 1 aromatic rings. The molecule has 4 nitrogen and oxygen atoms in total. The van der Waals surface area contributed by atoms with Crippen LogP contribution < -0.4 is 10.1 Å². The Morgan fingerprint density at radius 2 is 2.10 bits per heavy atom. The zero-order chi connectivity index (χ0) is 6.97. The highest BCUT2D eigenvalue weighted by atomic mass is 17.3. The van der Waals surface area contributed by atoms with Gasteiger partial charge in [0.25, 0.3) is 0 Å². The molecule has 52 valence electrons. The van der Waals surface area contributed by atoms with Crippen LogP contribution in [0.3, 0.4) is 0 Å². The summed E-state index contributed by atoms with van der Waals surface area (Å²) in [6.07, 6.45) is 0. The number of benzene rings is 1. The third kappa shape index (κ3) is 0.632. The maximum atomic E-state index is 10.6. The van der Waals surface area contributed by atoms with Crippen molar-refractivity contribution in [2.45, 2.75) is 0 Å². The molecule has 0 bridgehead atoms. The number of nitrogens with zero attached hydrogens (tertiary/aromatic N) is 1. The van der Waals surface area contributed by atoms with Crippen molar-refractivity contribution in [1.29, 1.82) is 0 Å². The van der Waals surface area contributed by atoms with Crippen molar-refractivity contribution in [2.75, 3.05) is 5.23 Å². The fourth-order valence-corrected chi connectivity index (χ4v) is 0.793. The van der Waals surface area contributed by atoms with Crippen LogP contribution in [0.5, 0.6) is 5.75 Å². The van der Waals surface area contributed by atoms with Crippen molar-refractivity contribution >= 4 is 5.69 Å². The molecule has 0 fully saturated rings. The number of hydrogen-bond donors (Lipinski definition) is 0. The van der Waals surface area contributed by atoms with Crippen molar-refractivity contribution in [2.24, 2.45) is 0 Å². The molecule has 0 aliphatic carbocycles. The zero-order valence-electron chi connectivity index (χ0n) is 4.98. The van der Waals surface area contributed by atoms with Crippen molar-refractivity contribution in [3.8, 4) is 5.75 Å². The van der Waals surface area contributed by atoms with Gasteiger partial charge in [-0.15, -0.1) is 0 Å². The molecule has 0 radical (unpaired) electrons. The van der Waals surface area contributed by atoms with Crippen LogP contribution in [0, 0.1) is 5.21 Å². The number of anilines is 1. The molecule has 1 aliphatic heterocycles. The number of para-hydroxylation sites is 2. The normalized spacial score (nSPS) is 14.7. The molecule has 1 heterocycles. The van der Waals surface area contributed by atoms with Gasteiger partial charge in [0, 0.05) is 0 Å². The lowest BCUT2D eigenvalue weighted by molar-refractivity contribution is -0.189. The molecule has 2 rings (SSSR count). The van der Waals surface area contributed by atoms with Crippen LogP contribution in [0.2, 0.25) is 0 Å². The van der Waals surface area contributed by atoms with Gasteiger partial charge in [0.2, 0.25) is 0 Å². The van der Waals surface area contributed by atoms with Crippen molar-refractivity contribution in [3.63, 3.8) is 0 Å². The summed E-state index contributed by atoms with van der Waals surface area (Å²) in [5.41, 5.74) is 0.405. The summed E-state index contributed by atoms with van der Waals surface area (Å²) in [5.74, 6) is 0.456. The van der Waals surface area contributed by atoms with E-state index in [4.69, 9.17) is 0 Å². The Bertz CT molecular complexity index is 251. The molecule has 1 aromatic carbocycles. The van der Waals surface area contributed by atoms with E-state index in [0.717, 1.165) is 0 Å². The fraction of sp³-hybridized carbons (Fsp3) is 0. The minimum atomic E-state index is 0.329. The highest BCUT2D eigenvalue weighted by molar-refractivity contribution is 5.58. The standard InChI is InChI=1S/C6H4NO3/c8-7-5-3-1-2-4-6(5)9-10-7/h1-4H/q-1. The molecule has 0 atom stereocenters. The van der Waals surface area contributed by atoms with E-state index >= 15 is 0 Å². The molecule has 1 aliphatic rings. The van der Waals surface area contributed by atoms with Crippen molar-refractivity contribution in [3.05, 3.63) is 29.5 Å². The fourth-order valence-electron chi connectivity index (χ4n) is 0.793. The highest BCUT2D eigenvalue weighted by Crippen LogP contribution is 2.32. The predicted octanol–water partition coefficient (Wildman–Crippen LogP) is 1.23. The van der Waals surface area contributed by atoms with Crippen LogP contribution in [0.1, 0.15) is 0 Å². The molecular formula is C6H4NO3-. The molecule has 4 heteroatoms. The highest BCUT2D eigenvalue weighted by Gasteiger charge is 2.13. The average molecular weight is 138 g/mol. The third-order valence-corrected chi connectivity index (χ3v) is 1.26. The van der Waals surface area contributed by atoms with Crippen LogP contribution in [-0.2, 0) is 4.99 Å². The van der Waals surface area contributed by atoms with Gasteiger partial charge in [-0.2, -0.15) is 0 Å². The Kier molecular flexibility index (Phi) is 1.03. The molecule has 10 heavy (non-hydrogen) atoms. The van der Waals surface area contributed by atoms with Gasteiger partial charge in [0.1, 0.15) is 5.69 Å². The summed E-state index contributed by atoms with van der Waals surface area (Å²) in [7, 11) is 0. The number of fused-ring (bicyclic) bond motifs is 1. The monoisotopic (exact) mass is 138 g/mol. The van der Waals surface area contributed by atoms with E-state index in [1.807, 2.05) is 0 Å². The lowest BCUT2D eigenvalue weighted by Crippen LogP contribution is -2.08. The Hall–Kier alpha value is -1.26. The Morgan fingerprint density at radius 3 is 2.90 bits per heavy atom. The van der Waals surface area contributed by atoms with E-state index in [-0.39, 0.29) is 0 Å². The van der Waals surface area contributed by atoms with Crippen molar-refractivity contribution in [1.82, 2.24) is 0 Å². The van der Waals surface area contributed by atoms with Crippen LogP contribution >= 0.6 is 0 Å². The number of hydrogen-bond acceptors (Lipinski definition) is 4. The van der Waals surface area contributed by atoms with E-state index in [9.17, 15) is 5.21 Å². The lowest BCUT2D eigenvalue weighted by Gasteiger charge is -2.16. The van der Waals surface area contributed by atoms with E-state index in [1.165, 1.54) is 0 Å². The average Bonchev–Trinajstić information content (AvgIpc) is 2.34. The van der Waals surface area contributed by atoms with E-state index < -0.39 is 0 Å². The Balaban J connectivity index is 2.51. The molecule has 0 amide bonds. The van der Waals surface area contributed by atoms with Gasteiger partial charge < -0.3 is 10.1 Å². The first-order valence-electron chi connectivity index (χ1n) is 2.79. The Labute approximate surface area is 57.0 Å².